The second-order valence-electron chi connectivity index (χ2n) is 4.52. The number of aromatic nitrogens is 1. The van der Waals surface area contributed by atoms with Crippen molar-refractivity contribution < 1.29 is 0 Å². The summed E-state index contributed by atoms with van der Waals surface area (Å²) in [5, 5.41) is 5.10. The van der Waals surface area contributed by atoms with E-state index in [4.69, 9.17) is 11.6 Å². The van der Waals surface area contributed by atoms with Crippen LogP contribution in [0.25, 0.3) is 10.2 Å². The standard InChI is InChI=1S/C15H12BrClN2S/c1-9(11-4-2-3-5-12(11)17)18-15-19-13-8-10(16)6-7-14(13)20-15/h2-9H,1H3,(H,18,19). The average molecular weight is 368 g/mol. The van der Waals surface area contributed by atoms with Crippen LogP contribution >= 0.6 is 38.9 Å². The number of rotatable bonds is 3. The first-order valence-electron chi connectivity index (χ1n) is 6.20. The molecule has 0 radical (unpaired) electrons. The fourth-order valence-electron chi connectivity index (χ4n) is 2.05. The van der Waals surface area contributed by atoms with Crippen LogP contribution in [0.1, 0.15) is 18.5 Å². The van der Waals surface area contributed by atoms with Gasteiger partial charge in [0.05, 0.1) is 16.3 Å². The number of nitrogens with one attached hydrogen (secondary N) is 1. The number of benzene rings is 2. The molecule has 0 spiro atoms. The predicted octanol–water partition coefficient (Wildman–Crippen LogP) is 5.89. The highest BCUT2D eigenvalue weighted by atomic mass is 79.9. The first-order chi connectivity index (χ1) is 9.63. The van der Waals surface area contributed by atoms with Crippen molar-refractivity contribution in [2.75, 3.05) is 5.32 Å². The van der Waals surface area contributed by atoms with Gasteiger partial charge in [0.25, 0.3) is 0 Å². The highest BCUT2D eigenvalue weighted by Crippen LogP contribution is 2.31. The van der Waals surface area contributed by atoms with Crippen LogP contribution in [-0.4, -0.2) is 4.98 Å². The van der Waals surface area contributed by atoms with E-state index in [0.717, 1.165) is 25.7 Å². The van der Waals surface area contributed by atoms with Gasteiger partial charge in [-0.2, -0.15) is 0 Å². The summed E-state index contributed by atoms with van der Waals surface area (Å²) >= 11 is 11.3. The summed E-state index contributed by atoms with van der Waals surface area (Å²) in [6.45, 7) is 2.09. The summed E-state index contributed by atoms with van der Waals surface area (Å²) in [4.78, 5) is 4.60. The normalized spacial score (nSPS) is 12.6. The molecular formula is C15H12BrClN2S. The Morgan fingerprint density at radius 3 is 2.85 bits per heavy atom. The fourth-order valence-corrected chi connectivity index (χ4v) is 3.63. The molecule has 102 valence electrons. The van der Waals surface area contributed by atoms with Gasteiger partial charge in [-0.3, -0.25) is 0 Å². The number of fused-ring (bicyclic) bond motifs is 1. The third kappa shape index (κ3) is 2.82. The van der Waals surface area contributed by atoms with E-state index in [1.807, 2.05) is 36.4 Å². The zero-order chi connectivity index (χ0) is 14.1. The van der Waals surface area contributed by atoms with Crippen LogP contribution in [-0.2, 0) is 0 Å². The van der Waals surface area contributed by atoms with Gasteiger partial charge < -0.3 is 5.32 Å². The van der Waals surface area contributed by atoms with E-state index in [2.05, 4.69) is 39.2 Å². The van der Waals surface area contributed by atoms with Gasteiger partial charge in [-0.25, -0.2) is 4.98 Å². The SMILES string of the molecule is CC(Nc1nc2cc(Br)ccc2s1)c1ccccc1Cl. The van der Waals surface area contributed by atoms with E-state index in [-0.39, 0.29) is 6.04 Å². The minimum absolute atomic E-state index is 0.118. The Balaban J connectivity index is 1.87. The summed E-state index contributed by atoms with van der Waals surface area (Å²) in [5.41, 5.74) is 2.08. The molecule has 1 atom stereocenters. The zero-order valence-corrected chi connectivity index (χ0v) is 13.9. The highest BCUT2D eigenvalue weighted by molar-refractivity contribution is 9.10. The maximum absolute atomic E-state index is 6.22. The number of hydrogen-bond acceptors (Lipinski definition) is 3. The van der Waals surface area contributed by atoms with Gasteiger partial charge in [-0.1, -0.05) is 57.1 Å². The molecule has 1 heterocycles. The largest absolute Gasteiger partial charge is 0.355 e. The average Bonchev–Trinajstić information content (AvgIpc) is 2.80. The van der Waals surface area contributed by atoms with Crippen molar-refractivity contribution in [2.24, 2.45) is 0 Å². The summed E-state index contributed by atoms with van der Waals surface area (Å²) in [5.74, 6) is 0. The maximum atomic E-state index is 6.22. The van der Waals surface area contributed by atoms with E-state index in [1.165, 1.54) is 4.70 Å². The molecule has 0 aliphatic heterocycles. The van der Waals surface area contributed by atoms with E-state index >= 15 is 0 Å². The third-order valence-electron chi connectivity index (χ3n) is 3.06. The molecule has 0 fully saturated rings. The van der Waals surface area contributed by atoms with Gasteiger partial charge in [-0.15, -0.1) is 0 Å². The molecule has 2 aromatic carbocycles. The van der Waals surface area contributed by atoms with Crippen molar-refractivity contribution in [3.05, 3.63) is 57.5 Å². The topological polar surface area (TPSA) is 24.9 Å². The number of halogens is 2. The summed E-state index contributed by atoms with van der Waals surface area (Å²) in [6.07, 6.45) is 0. The third-order valence-corrected chi connectivity index (χ3v) is 4.87. The number of nitrogens with zero attached hydrogens (tertiary/aromatic N) is 1. The molecule has 1 aromatic heterocycles. The Bertz CT molecular complexity index is 756. The smallest absolute Gasteiger partial charge is 0.184 e. The van der Waals surface area contributed by atoms with E-state index in [9.17, 15) is 0 Å². The minimum Gasteiger partial charge on any atom is -0.355 e. The van der Waals surface area contributed by atoms with Crippen LogP contribution in [0.2, 0.25) is 5.02 Å². The lowest BCUT2D eigenvalue weighted by atomic mass is 10.1. The Morgan fingerprint density at radius 1 is 1.25 bits per heavy atom. The monoisotopic (exact) mass is 366 g/mol. The van der Waals surface area contributed by atoms with Crippen molar-refractivity contribution in [1.82, 2.24) is 4.98 Å². The lowest BCUT2D eigenvalue weighted by Crippen LogP contribution is -2.06. The predicted molar refractivity (Wildman–Crippen MR) is 90.8 cm³/mol. The van der Waals surface area contributed by atoms with Gasteiger partial charge >= 0.3 is 0 Å². The first-order valence-corrected chi connectivity index (χ1v) is 8.19. The van der Waals surface area contributed by atoms with E-state index < -0.39 is 0 Å². The van der Waals surface area contributed by atoms with Crippen molar-refractivity contribution in [2.45, 2.75) is 13.0 Å². The van der Waals surface area contributed by atoms with Crippen molar-refractivity contribution in [3.63, 3.8) is 0 Å². The molecule has 0 amide bonds. The van der Waals surface area contributed by atoms with Crippen LogP contribution < -0.4 is 5.32 Å². The van der Waals surface area contributed by atoms with Crippen LogP contribution in [0, 0.1) is 0 Å². The van der Waals surface area contributed by atoms with Gasteiger partial charge in [-0.05, 0) is 36.8 Å². The summed E-state index contributed by atoms with van der Waals surface area (Å²) in [7, 11) is 0. The van der Waals surface area contributed by atoms with Crippen LogP contribution in [0.15, 0.2) is 46.9 Å². The van der Waals surface area contributed by atoms with Gasteiger partial charge in [0.1, 0.15) is 0 Å². The van der Waals surface area contributed by atoms with Crippen LogP contribution in [0.5, 0.6) is 0 Å². The quantitative estimate of drug-likeness (QED) is 0.624. The molecular weight excluding hydrogens is 356 g/mol. The lowest BCUT2D eigenvalue weighted by molar-refractivity contribution is 0.883. The minimum atomic E-state index is 0.118. The molecule has 5 heteroatoms. The lowest BCUT2D eigenvalue weighted by Gasteiger charge is -2.14. The Labute approximate surface area is 134 Å². The van der Waals surface area contributed by atoms with Gasteiger partial charge in [0.15, 0.2) is 5.13 Å². The maximum Gasteiger partial charge on any atom is 0.184 e. The second kappa shape index (κ2) is 5.72. The molecule has 0 saturated carbocycles. The molecule has 2 nitrogen and oxygen atoms in total. The molecule has 20 heavy (non-hydrogen) atoms. The molecule has 1 unspecified atom stereocenters. The van der Waals surface area contributed by atoms with Crippen LogP contribution in [0.3, 0.4) is 0 Å². The zero-order valence-electron chi connectivity index (χ0n) is 10.7. The molecule has 0 aliphatic rings. The number of thiazole rings is 1. The fraction of sp³-hybridized carbons (Fsp3) is 0.133. The summed E-state index contributed by atoms with van der Waals surface area (Å²) < 4.78 is 2.21. The Hall–Kier alpha value is -1.10. The molecule has 3 rings (SSSR count). The highest BCUT2D eigenvalue weighted by Gasteiger charge is 2.11. The van der Waals surface area contributed by atoms with Crippen LogP contribution in [0.4, 0.5) is 5.13 Å². The molecule has 0 saturated heterocycles. The Morgan fingerprint density at radius 2 is 2.05 bits per heavy atom. The van der Waals surface area contributed by atoms with E-state index in [1.54, 1.807) is 11.3 Å². The number of hydrogen-bond donors (Lipinski definition) is 1. The van der Waals surface area contributed by atoms with Crippen molar-refractivity contribution >= 4 is 54.2 Å². The molecule has 0 bridgehead atoms. The molecule has 3 aromatic rings. The molecule has 0 aliphatic carbocycles. The first kappa shape index (κ1) is 13.9. The van der Waals surface area contributed by atoms with Crippen molar-refractivity contribution in [1.29, 1.82) is 0 Å². The van der Waals surface area contributed by atoms with Gasteiger partial charge in [0.2, 0.25) is 0 Å². The second-order valence-corrected chi connectivity index (χ2v) is 6.87. The van der Waals surface area contributed by atoms with Gasteiger partial charge in [0, 0.05) is 9.50 Å². The van der Waals surface area contributed by atoms with E-state index in [0.29, 0.717) is 0 Å². The number of anilines is 1. The molecule has 1 N–H and O–H groups in total. The van der Waals surface area contributed by atoms with Crippen molar-refractivity contribution in [3.8, 4) is 0 Å². The Kier molecular flexibility index (Phi) is 3.96. The summed E-state index contributed by atoms with van der Waals surface area (Å²) in [6, 6.07) is 14.1.